The van der Waals surface area contributed by atoms with Crippen molar-refractivity contribution in [1.29, 1.82) is 0 Å². The standard InChI is InChI=1S/C22H27N5O/c1-23-22(26(2)15-19-8-10-21(28-3)11-9-19)25-14-18-4-6-20(7-5-18)16-27-13-12-24-17-27/h4-13,17H,14-16H2,1-3H3,(H,23,25). The Morgan fingerprint density at radius 2 is 1.75 bits per heavy atom. The van der Waals surface area contributed by atoms with Gasteiger partial charge in [0.1, 0.15) is 5.75 Å². The van der Waals surface area contributed by atoms with Gasteiger partial charge in [-0.2, -0.15) is 0 Å². The van der Waals surface area contributed by atoms with Crippen molar-refractivity contribution in [3.05, 3.63) is 83.9 Å². The van der Waals surface area contributed by atoms with Crippen molar-refractivity contribution in [1.82, 2.24) is 19.8 Å². The number of nitrogens with zero attached hydrogens (tertiary/aromatic N) is 4. The van der Waals surface area contributed by atoms with Gasteiger partial charge in [-0.25, -0.2) is 4.98 Å². The lowest BCUT2D eigenvalue weighted by Crippen LogP contribution is -2.38. The molecule has 28 heavy (non-hydrogen) atoms. The Bertz CT molecular complexity index is 870. The van der Waals surface area contributed by atoms with E-state index in [-0.39, 0.29) is 0 Å². The van der Waals surface area contributed by atoms with Gasteiger partial charge >= 0.3 is 0 Å². The van der Waals surface area contributed by atoms with E-state index in [1.54, 1.807) is 20.4 Å². The second-order valence-electron chi connectivity index (χ2n) is 6.66. The molecule has 2 aromatic carbocycles. The van der Waals surface area contributed by atoms with Crippen LogP contribution in [0.5, 0.6) is 5.75 Å². The number of aliphatic imine (C=N–C) groups is 1. The fraction of sp³-hybridized carbons (Fsp3) is 0.273. The Labute approximate surface area is 166 Å². The van der Waals surface area contributed by atoms with Crippen LogP contribution in [0.2, 0.25) is 0 Å². The number of hydrogen-bond donors (Lipinski definition) is 1. The monoisotopic (exact) mass is 377 g/mol. The molecule has 3 rings (SSSR count). The molecule has 0 saturated carbocycles. The Morgan fingerprint density at radius 3 is 2.36 bits per heavy atom. The minimum atomic E-state index is 0.727. The van der Waals surface area contributed by atoms with Crippen LogP contribution in [0.1, 0.15) is 16.7 Å². The second kappa shape index (κ2) is 9.60. The fourth-order valence-electron chi connectivity index (χ4n) is 3.00. The van der Waals surface area contributed by atoms with Gasteiger partial charge in [0.2, 0.25) is 0 Å². The van der Waals surface area contributed by atoms with Crippen molar-refractivity contribution in [3.63, 3.8) is 0 Å². The lowest BCUT2D eigenvalue weighted by atomic mass is 10.1. The predicted octanol–water partition coefficient (Wildman–Crippen LogP) is 3.15. The molecule has 0 unspecified atom stereocenters. The first-order valence-electron chi connectivity index (χ1n) is 9.26. The molecule has 0 aliphatic heterocycles. The molecule has 0 fully saturated rings. The van der Waals surface area contributed by atoms with Crippen molar-refractivity contribution in [2.45, 2.75) is 19.6 Å². The van der Waals surface area contributed by atoms with Crippen molar-refractivity contribution < 1.29 is 4.74 Å². The number of hydrogen-bond acceptors (Lipinski definition) is 3. The maximum absolute atomic E-state index is 5.21. The second-order valence-corrected chi connectivity index (χ2v) is 6.66. The number of aromatic nitrogens is 2. The van der Waals surface area contributed by atoms with Crippen molar-refractivity contribution in [2.75, 3.05) is 21.2 Å². The molecule has 6 nitrogen and oxygen atoms in total. The molecule has 0 bridgehead atoms. The third-order valence-corrected chi connectivity index (χ3v) is 4.55. The average Bonchev–Trinajstić information content (AvgIpc) is 3.23. The first-order valence-corrected chi connectivity index (χ1v) is 9.26. The van der Waals surface area contributed by atoms with E-state index < -0.39 is 0 Å². The SMILES string of the molecule is CN=C(NCc1ccc(Cn2ccnc2)cc1)N(C)Cc1ccc(OC)cc1. The number of imidazole rings is 1. The Kier molecular flexibility index (Phi) is 6.68. The fourth-order valence-corrected chi connectivity index (χ4v) is 3.00. The third-order valence-electron chi connectivity index (χ3n) is 4.55. The summed E-state index contributed by atoms with van der Waals surface area (Å²) >= 11 is 0. The van der Waals surface area contributed by atoms with E-state index in [9.17, 15) is 0 Å². The minimum Gasteiger partial charge on any atom is -0.497 e. The molecule has 1 heterocycles. The molecule has 0 radical (unpaired) electrons. The molecule has 3 aromatic rings. The molecule has 0 aliphatic rings. The molecule has 0 spiro atoms. The number of benzene rings is 2. The van der Waals surface area contributed by atoms with E-state index in [0.29, 0.717) is 0 Å². The maximum Gasteiger partial charge on any atom is 0.193 e. The highest BCUT2D eigenvalue weighted by molar-refractivity contribution is 5.79. The smallest absolute Gasteiger partial charge is 0.193 e. The van der Waals surface area contributed by atoms with Gasteiger partial charge in [0, 0.05) is 46.1 Å². The van der Waals surface area contributed by atoms with E-state index in [1.165, 1.54) is 16.7 Å². The zero-order valence-corrected chi connectivity index (χ0v) is 16.7. The summed E-state index contributed by atoms with van der Waals surface area (Å²) < 4.78 is 7.27. The van der Waals surface area contributed by atoms with E-state index in [2.05, 4.69) is 61.2 Å². The number of rotatable bonds is 7. The van der Waals surface area contributed by atoms with Gasteiger partial charge in [-0.05, 0) is 28.8 Å². The van der Waals surface area contributed by atoms with Crippen LogP contribution in [-0.2, 0) is 19.6 Å². The Balaban J connectivity index is 1.52. The van der Waals surface area contributed by atoms with Crippen LogP contribution >= 0.6 is 0 Å². The van der Waals surface area contributed by atoms with Crippen LogP contribution in [0.3, 0.4) is 0 Å². The van der Waals surface area contributed by atoms with Gasteiger partial charge < -0.3 is 19.5 Å². The first kappa shape index (κ1) is 19.5. The van der Waals surface area contributed by atoms with Gasteiger partial charge in [-0.1, -0.05) is 36.4 Å². The number of guanidine groups is 1. The van der Waals surface area contributed by atoms with Crippen LogP contribution in [0.4, 0.5) is 0 Å². The zero-order valence-electron chi connectivity index (χ0n) is 16.7. The Morgan fingerprint density at radius 1 is 1.07 bits per heavy atom. The lowest BCUT2D eigenvalue weighted by Gasteiger charge is -2.22. The van der Waals surface area contributed by atoms with E-state index in [0.717, 1.165) is 31.3 Å². The number of nitrogens with one attached hydrogen (secondary N) is 1. The van der Waals surface area contributed by atoms with Crippen molar-refractivity contribution >= 4 is 5.96 Å². The average molecular weight is 377 g/mol. The van der Waals surface area contributed by atoms with Gasteiger partial charge in [0.25, 0.3) is 0 Å². The molecular formula is C22H27N5O. The summed E-state index contributed by atoms with van der Waals surface area (Å²) in [5.41, 5.74) is 3.67. The first-order chi connectivity index (χ1) is 13.7. The number of ether oxygens (including phenoxy) is 1. The molecule has 1 N–H and O–H groups in total. The molecule has 0 amide bonds. The summed E-state index contributed by atoms with van der Waals surface area (Å²) in [6.07, 6.45) is 5.60. The molecule has 6 heteroatoms. The Hall–Kier alpha value is -3.28. The third kappa shape index (κ3) is 5.36. The summed E-state index contributed by atoms with van der Waals surface area (Å²) in [7, 11) is 5.52. The van der Waals surface area contributed by atoms with Crippen molar-refractivity contribution in [2.24, 2.45) is 4.99 Å². The predicted molar refractivity (Wildman–Crippen MR) is 112 cm³/mol. The molecule has 0 aliphatic carbocycles. The van der Waals surface area contributed by atoms with Crippen LogP contribution in [0.25, 0.3) is 0 Å². The molecule has 0 saturated heterocycles. The highest BCUT2D eigenvalue weighted by atomic mass is 16.5. The molecule has 1 aromatic heterocycles. The summed E-state index contributed by atoms with van der Waals surface area (Å²) in [6, 6.07) is 16.7. The van der Waals surface area contributed by atoms with Gasteiger partial charge in [0.05, 0.1) is 13.4 Å². The van der Waals surface area contributed by atoms with Gasteiger partial charge in [-0.3, -0.25) is 4.99 Å². The van der Waals surface area contributed by atoms with Crippen LogP contribution < -0.4 is 10.1 Å². The minimum absolute atomic E-state index is 0.727. The largest absolute Gasteiger partial charge is 0.497 e. The molecular weight excluding hydrogens is 350 g/mol. The summed E-state index contributed by atoms with van der Waals surface area (Å²) in [6.45, 7) is 2.33. The summed E-state index contributed by atoms with van der Waals surface area (Å²) in [5.74, 6) is 1.73. The highest BCUT2D eigenvalue weighted by Crippen LogP contribution is 2.13. The normalized spacial score (nSPS) is 11.3. The maximum atomic E-state index is 5.21. The van der Waals surface area contributed by atoms with E-state index in [1.807, 2.05) is 31.7 Å². The van der Waals surface area contributed by atoms with Gasteiger partial charge in [-0.15, -0.1) is 0 Å². The topological polar surface area (TPSA) is 54.7 Å². The summed E-state index contributed by atoms with van der Waals surface area (Å²) in [5, 5.41) is 3.43. The van der Waals surface area contributed by atoms with Crippen molar-refractivity contribution in [3.8, 4) is 5.75 Å². The summed E-state index contributed by atoms with van der Waals surface area (Å²) in [4.78, 5) is 10.6. The van der Waals surface area contributed by atoms with Crippen LogP contribution in [0.15, 0.2) is 72.2 Å². The zero-order chi connectivity index (χ0) is 19.8. The van der Waals surface area contributed by atoms with Gasteiger partial charge in [0.15, 0.2) is 5.96 Å². The van der Waals surface area contributed by atoms with E-state index >= 15 is 0 Å². The van der Waals surface area contributed by atoms with Crippen LogP contribution in [0, 0.1) is 0 Å². The quantitative estimate of drug-likeness (QED) is 0.508. The lowest BCUT2D eigenvalue weighted by molar-refractivity contribution is 0.414. The molecule has 0 atom stereocenters. The highest BCUT2D eigenvalue weighted by Gasteiger charge is 2.07. The number of methoxy groups -OCH3 is 1. The molecule has 146 valence electrons. The van der Waals surface area contributed by atoms with E-state index in [4.69, 9.17) is 4.74 Å². The van der Waals surface area contributed by atoms with Crippen LogP contribution in [-0.4, -0.2) is 41.6 Å².